The topological polar surface area (TPSA) is 53.6 Å². The van der Waals surface area contributed by atoms with Gasteiger partial charge in [0.1, 0.15) is 6.33 Å². The van der Waals surface area contributed by atoms with E-state index in [4.69, 9.17) is 0 Å². The number of aromatic amines is 1. The van der Waals surface area contributed by atoms with E-state index in [1.165, 1.54) is 32.1 Å². The summed E-state index contributed by atoms with van der Waals surface area (Å²) in [4.78, 5) is 4.24. The Hall–Kier alpha value is -0.550. The van der Waals surface area contributed by atoms with Crippen molar-refractivity contribution in [2.45, 2.75) is 62.4 Å². The Morgan fingerprint density at radius 1 is 1.44 bits per heavy atom. The summed E-state index contributed by atoms with van der Waals surface area (Å²) in [5.41, 5.74) is 0. The van der Waals surface area contributed by atoms with Gasteiger partial charge in [0, 0.05) is 11.3 Å². The van der Waals surface area contributed by atoms with Crippen LogP contribution in [-0.4, -0.2) is 33.0 Å². The highest BCUT2D eigenvalue weighted by molar-refractivity contribution is 7.99. The molecule has 1 heterocycles. The first-order chi connectivity index (χ1) is 8.83. The second-order valence-corrected chi connectivity index (χ2v) is 6.31. The summed E-state index contributed by atoms with van der Waals surface area (Å²) >= 11 is 1.86. The maximum absolute atomic E-state index is 4.24. The Balaban J connectivity index is 1.95. The van der Waals surface area contributed by atoms with Gasteiger partial charge in [0.2, 0.25) is 0 Å². The van der Waals surface area contributed by atoms with Crippen LogP contribution in [0.5, 0.6) is 0 Å². The second-order valence-electron chi connectivity index (χ2n) is 5.08. The molecule has 0 amide bonds. The van der Waals surface area contributed by atoms with Crippen LogP contribution in [0.2, 0.25) is 0 Å². The fourth-order valence-corrected chi connectivity index (χ4v) is 4.17. The number of aromatic nitrogens is 3. The van der Waals surface area contributed by atoms with Crippen molar-refractivity contribution in [1.29, 1.82) is 0 Å². The number of hydrogen-bond donors (Lipinski definition) is 2. The summed E-state index contributed by atoms with van der Waals surface area (Å²) in [7, 11) is 0. The highest BCUT2D eigenvalue weighted by Crippen LogP contribution is 2.36. The standard InChI is InChI=1S/C13H24N4S/c1-3-5-10-6-7-11(14-4-2)12(8-10)18-13-15-9-16-17-13/h9-12,14H,3-8H2,1-2H3,(H,15,16,17). The van der Waals surface area contributed by atoms with Gasteiger partial charge in [-0.05, 0) is 31.7 Å². The average Bonchev–Trinajstić information content (AvgIpc) is 2.86. The van der Waals surface area contributed by atoms with Gasteiger partial charge in [-0.3, -0.25) is 5.10 Å². The number of nitrogens with zero attached hydrogens (tertiary/aromatic N) is 2. The third kappa shape index (κ3) is 3.72. The Morgan fingerprint density at radius 2 is 2.33 bits per heavy atom. The van der Waals surface area contributed by atoms with Crippen molar-refractivity contribution in [2.75, 3.05) is 6.54 Å². The molecule has 0 spiro atoms. The zero-order chi connectivity index (χ0) is 12.8. The highest BCUT2D eigenvalue weighted by Gasteiger charge is 2.30. The van der Waals surface area contributed by atoms with Crippen LogP contribution in [0.1, 0.15) is 46.0 Å². The maximum atomic E-state index is 4.24. The lowest BCUT2D eigenvalue weighted by molar-refractivity contribution is 0.289. The molecule has 0 aromatic carbocycles. The van der Waals surface area contributed by atoms with E-state index in [0.29, 0.717) is 11.3 Å². The van der Waals surface area contributed by atoms with Gasteiger partial charge in [0.05, 0.1) is 0 Å². The molecule has 0 saturated heterocycles. The van der Waals surface area contributed by atoms with Crippen molar-refractivity contribution in [2.24, 2.45) is 5.92 Å². The van der Waals surface area contributed by atoms with Crippen molar-refractivity contribution in [3.63, 3.8) is 0 Å². The average molecular weight is 268 g/mol. The molecule has 3 unspecified atom stereocenters. The molecule has 18 heavy (non-hydrogen) atoms. The number of H-pyrrole nitrogens is 1. The number of rotatable bonds is 6. The predicted octanol–water partition coefficient (Wildman–Crippen LogP) is 2.84. The molecular weight excluding hydrogens is 244 g/mol. The van der Waals surface area contributed by atoms with Crippen LogP contribution < -0.4 is 5.32 Å². The smallest absolute Gasteiger partial charge is 0.183 e. The van der Waals surface area contributed by atoms with Crippen molar-refractivity contribution in [1.82, 2.24) is 20.5 Å². The number of hydrogen-bond acceptors (Lipinski definition) is 4. The van der Waals surface area contributed by atoms with Crippen LogP contribution in [0.3, 0.4) is 0 Å². The van der Waals surface area contributed by atoms with E-state index in [9.17, 15) is 0 Å². The van der Waals surface area contributed by atoms with Crippen molar-refractivity contribution in [3.05, 3.63) is 6.33 Å². The lowest BCUT2D eigenvalue weighted by Crippen LogP contribution is -2.42. The predicted molar refractivity (Wildman–Crippen MR) is 75.7 cm³/mol. The Labute approximate surface area is 114 Å². The lowest BCUT2D eigenvalue weighted by atomic mass is 9.83. The van der Waals surface area contributed by atoms with Crippen molar-refractivity contribution < 1.29 is 0 Å². The highest BCUT2D eigenvalue weighted by atomic mass is 32.2. The molecule has 3 atom stereocenters. The molecule has 5 heteroatoms. The largest absolute Gasteiger partial charge is 0.313 e. The van der Waals surface area contributed by atoms with Crippen LogP contribution in [0.25, 0.3) is 0 Å². The van der Waals surface area contributed by atoms with Crippen LogP contribution in [-0.2, 0) is 0 Å². The van der Waals surface area contributed by atoms with Crippen LogP contribution in [0.4, 0.5) is 0 Å². The molecule has 0 bridgehead atoms. The summed E-state index contributed by atoms with van der Waals surface area (Å²) in [5.74, 6) is 0.894. The summed E-state index contributed by atoms with van der Waals surface area (Å²) in [5, 5.41) is 12.1. The zero-order valence-corrected chi connectivity index (χ0v) is 12.2. The van der Waals surface area contributed by atoms with Gasteiger partial charge in [-0.2, -0.15) is 5.10 Å². The van der Waals surface area contributed by atoms with Gasteiger partial charge >= 0.3 is 0 Å². The van der Waals surface area contributed by atoms with E-state index in [-0.39, 0.29) is 0 Å². The normalized spacial score (nSPS) is 28.4. The minimum Gasteiger partial charge on any atom is -0.313 e. The SMILES string of the molecule is CCCC1CCC(NCC)C(Sc2ncn[nH]2)C1. The van der Waals surface area contributed by atoms with E-state index in [1.54, 1.807) is 6.33 Å². The fraction of sp³-hybridized carbons (Fsp3) is 0.846. The zero-order valence-electron chi connectivity index (χ0n) is 11.4. The number of nitrogens with one attached hydrogen (secondary N) is 2. The molecule has 4 nitrogen and oxygen atoms in total. The quantitative estimate of drug-likeness (QED) is 0.833. The van der Waals surface area contributed by atoms with Gasteiger partial charge in [0.15, 0.2) is 5.16 Å². The second kappa shape index (κ2) is 7.14. The van der Waals surface area contributed by atoms with Gasteiger partial charge in [-0.25, -0.2) is 4.98 Å². The molecule has 2 rings (SSSR count). The third-order valence-corrected chi connectivity index (χ3v) is 4.96. The Bertz CT molecular complexity index is 328. The fourth-order valence-electron chi connectivity index (χ4n) is 2.90. The minimum absolute atomic E-state index is 0.623. The van der Waals surface area contributed by atoms with E-state index < -0.39 is 0 Å². The van der Waals surface area contributed by atoms with Gasteiger partial charge in [0.25, 0.3) is 0 Å². The molecule has 1 aliphatic rings. The van der Waals surface area contributed by atoms with E-state index in [0.717, 1.165) is 17.6 Å². The molecular formula is C13H24N4S. The summed E-state index contributed by atoms with van der Waals surface area (Å²) in [6, 6.07) is 0.623. The van der Waals surface area contributed by atoms with E-state index in [1.807, 2.05) is 11.8 Å². The Morgan fingerprint density at radius 3 is 3.00 bits per heavy atom. The van der Waals surface area contributed by atoms with Crippen LogP contribution in [0, 0.1) is 5.92 Å². The van der Waals surface area contributed by atoms with Gasteiger partial charge in [-0.1, -0.05) is 38.5 Å². The molecule has 1 fully saturated rings. The summed E-state index contributed by atoms with van der Waals surface area (Å²) in [6.07, 6.45) is 8.24. The minimum atomic E-state index is 0.623. The molecule has 1 aromatic rings. The monoisotopic (exact) mass is 268 g/mol. The Kier molecular flexibility index (Phi) is 5.50. The molecule has 1 saturated carbocycles. The molecule has 2 N–H and O–H groups in total. The van der Waals surface area contributed by atoms with Crippen LogP contribution in [0.15, 0.2) is 11.5 Å². The number of thioether (sulfide) groups is 1. The molecule has 1 aromatic heterocycles. The molecule has 1 aliphatic carbocycles. The molecule has 0 aliphatic heterocycles. The summed E-state index contributed by atoms with van der Waals surface area (Å²) < 4.78 is 0. The first-order valence-electron chi connectivity index (χ1n) is 7.08. The van der Waals surface area contributed by atoms with Gasteiger partial charge in [-0.15, -0.1) is 0 Å². The lowest BCUT2D eigenvalue weighted by Gasteiger charge is -2.35. The van der Waals surface area contributed by atoms with Crippen molar-refractivity contribution >= 4 is 11.8 Å². The van der Waals surface area contributed by atoms with E-state index >= 15 is 0 Å². The third-order valence-electron chi connectivity index (χ3n) is 3.72. The first-order valence-corrected chi connectivity index (χ1v) is 7.96. The first kappa shape index (κ1) is 13.9. The summed E-state index contributed by atoms with van der Waals surface area (Å²) in [6.45, 7) is 5.53. The van der Waals surface area contributed by atoms with Crippen LogP contribution >= 0.6 is 11.8 Å². The van der Waals surface area contributed by atoms with E-state index in [2.05, 4.69) is 34.3 Å². The maximum Gasteiger partial charge on any atom is 0.183 e. The molecule has 0 radical (unpaired) electrons. The van der Waals surface area contributed by atoms with Gasteiger partial charge < -0.3 is 5.32 Å². The van der Waals surface area contributed by atoms with Crippen molar-refractivity contribution in [3.8, 4) is 0 Å². The molecule has 102 valence electrons.